The first-order valence-electron chi connectivity index (χ1n) is 6.62. The van der Waals surface area contributed by atoms with E-state index in [4.69, 9.17) is 15.2 Å². The average molecular weight is 284 g/mol. The van der Waals surface area contributed by atoms with Crippen LogP contribution in [0, 0.1) is 13.8 Å². The van der Waals surface area contributed by atoms with Gasteiger partial charge in [0.25, 0.3) is 5.91 Å². The van der Waals surface area contributed by atoms with E-state index in [1.165, 1.54) is 0 Å². The van der Waals surface area contributed by atoms with Crippen molar-refractivity contribution in [1.29, 1.82) is 0 Å². The van der Waals surface area contributed by atoms with Crippen LogP contribution in [-0.2, 0) is 0 Å². The lowest BCUT2D eigenvalue weighted by Gasteiger charge is -2.11. The van der Waals surface area contributed by atoms with Gasteiger partial charge in [0.05, 0.1) is 11.4 Å². The maximum Gasteiger partial charge on any atom is 0.255 e. The molecule has 1 aliphatic heterocycles. The molecule has 0 bridgehead atoms. The number of amides is 1. The molecule has 3 N–H and O–H groups in total. The highest BCUT2D eigenvalue weighted by molar-refractivity contribution is 6.07. The van der Waals surface area contributed by atoms with Crippen LogP contribution in [0.2, 0.25) is 0 Å². The van der Waals surface area contributed by atoms with Gasteiger partial charge in [-0.3, -0.25) is 4.79 Å². The number of ether oxygens (including phenoxy) is 2. The van der Waals surface area contributed by atoms with Gasteiger partial charge >= 0.3 is 0 Å². The van der Waals surface area contributed by atoms with Crippen LogP contribution in [0.3, 0.4) is 0 Å². The number of anilines is 2. The summed E-state index contributed by atoms with van der Waals surface area (Å²) in [7, 11) is 0. The van der Waals surface area contributed by atoms with Gasteiger partial charge in [-0.25, -0.2) is 0 Å². The molecule has 0 atom stereocenters. The summed E-state index contributed by atoms with van der Waals surface area (Å²) in [6.45, 7) is 4.07. The van der Waals surface area contributed by atoms with E-state index in [0.717, 1.165) is 11.1 Å². The number of nitrogen functional groups attached to an aromatic ring is 1. The molecule has 1 amide bonds. The summed E-state index contributed by atoms with van der Waals surface area (Å²) in [5, 5.41) is 2.82. The molecule has 0 fully saturated rings. The molecule has 0 saturated carbocycles. The third-order valence-electron chi connectivity index (χ3n) is 3.42. The van der Waals surface area contributed by atoms with Crippen molar-refractivity contribution in [3.8, 4) is 11.5 Å². The lowest BCUT2D eigenvalue weighted by atomic mass is 10.1. The SMILES string of the molecule is Cc1ccc(C(=O)Nc2cc3c(cc2N)OCO3)c(C)c1. The van der Waals surface area contributed by atoms with Gasteiger partial charge in [0.1, 0.15) is 0 Å². The maximum absolute atomic E-state index is 12.4. The number of nitrogens with one attached hydrogen (secondary N) is 1. The maximum atomic E-state index is 12.4. The van der Waals surface area contributed by atoms with Gasteiger partial charge in [0, 0.05) is 17.7 Å². The van der Waals surface area contributed by atoms with Crippen LogP contribution in [0.5, 0.6) is 11.5 Å². The highest BCUT2D eigenvalue weighted by Gasteiger charge is 2.18. The van der Waals surface area contributed by atoms with E-state index in [-0.39, 0.29) is 12.7 Å². The molecular weight excluding hydrogens is 268 g/mol. The third kappa shape index (κ3) is 2.50. The highest BCUT2D eigenvalue weighted by Crippen LogP contribution is 2.38. The lowest BCUT2D eigenvalue weighted by Crippen LogP contribution is -2.14. The van der Waals surface area contributed by atoms with Crippen molar-refractivity contribution in [1.82, 2.24) is 0 Å². The Morgan fingerprint density at radius 2 is 1.86 bits per heavy atom. The van der Waals surface area contributed by atoms with Crippen molar-refractivity contribution >= 4 is 17.3 Å². The number of rotatable bonds is 2. The predicted octanol–water partition coefficient (Wildman–Crippen LogP) is 2.87. The summed E-state index contributed by atoms with van der Waals surface area (Å²) in [5.74, 6) is 0.982. The molecule has 3 rings (SSSR count). The first kappa shape index (κ1) is 13.3. The van der Waals surface area contributed by atoms with Gasteiger partial charge in [-0.1, -0.05) is 17.7 Å². The molecule has 1 heterocycles. The van der Waals surface area contributed by atoms with E-state index in [2.05, 4.69) is 5.32 Å². The molecular formula is C16H16N2O3. The van der Waals surface area contributed by atoms with Crippen molar-refractivity contribution in [2.45, 2.75) is 13.8 Å². The third-order valence-corrected chi connectivity index (χ3v) is 3.42. The van der Waals surface area contributed by atoms with Crippen LogP contribution >= 0.6 is 0 Å². The zero-order valence-corrected chi connectivity index (χ0v) is 11.9. The second-order valence-corrected chi connectivity index (χ2v) is 5.07. The first-order valence-corrected chi connectivity index (χ1v) is 6.62. The first-order chi connectivity index (χ1) is 10.0. The largest absolute Gasteiger partial charge is 0.454 e. The van der Waals surface area contributed by atoms with E-state index in [0.29, 0.717) is 28.4 Å². The van der Waals surface area contributed by atoms with Crippen molar-refractivity contribution < 1.29 is 14.3 Å². The van der Waals surface area contributed by atoms with E-state index < -0.39 is 0 Å². The molecule has 5 heteroatoms. The summed E-state index contributed by atoms with van der Waals surface area (Å²) in [5.41, 5.74) is 9.55. The summed E-state index contributed by atoms with van der Waals surface area (Å²) in [4.78, 5) is 12.4. The predicted molar refractivity (Wildman–Crippen MR) is 80.8 cm³/mol. The number of nitrogens with two attached hydrogens (primary N) is 1. The summed E-state index contributed by atoms with van der Waals surface area (Å²) < 4.78 is 10.5. The Morgan fingerprint density at radius 1 is 1.14 bits per heavy atom. The minimum absolute atomic E-state index is 0.170. The Bertz CT molecular complexity index is 726. The van der Waals surface area contributed by atoms with Crippen LogP contribution in [0.15, 0.2) is 30.3 Å². The van der Waals surface area contributed by atoms with Crippen molar-refractivity contribution in [3.63, 3.8) is 0 Å². The number of aryl methyl sites for hydroxylation is 2. The molecule has 0 aliphatic carbocycles. The van der Waals surface area contributed by atoms with Crippen LogP contribution in [0.1, 0.15) is 21.5 Å². The number of benzene rings is 2. The van der Waals surface area contributed by atoms with E-state index in [9.17, 15) is 4.79 Å². The fourth-order valence-electron chi connectivity index (χ4n) is 2.32. The smallest absolute Gasteiger partial charge is 0.255 e. The molecule has 0 radical (unpaired) electrons. The van der Waals surface area contributed by atoms with Crippen molar-refractivity contribution in [2.24, 2.45) is 0 Å². The molecule has 2 aromatic carbocycles. The minimum Gasteiger partial charge on any atom is -0.454 e. The summed E-state index contributed by atoms with van der Waals surface area (Å²) in [6.07, 6.45) is 0. The highest BCUT2D eigenvalue weighted by atomic mass is 16.7. The van der Waals surface area contributed by atoms with Crippen LogP contribution in [-0.4, -0.2) is 12.7 Å². The standard InChI is InChI=1S/C16H16N2O3/c1-9-3-4-11(10(2)5-9)16(19)18-13-7-15-14(6-12(13)17)20-8-21-15/h3-7H,8,17H2,1-2H3,(H,18,19). The fourth-order valence-corrected chi connectivity index (χ4v) is 2.32. The molecule has 21 heavy (non-hydrogen) atoms. The Morgan fingerprint density at radius 3 is 2.57 bits per heavy atom. The van der Waals surface area contributed by atoms with E-state index in [1.54, 1.807) is 12.1 Å². The van der Waals surface area contributed by atoms with Gasteiger partial charge < -0.3 is 20.5 Å². The molecule has 0 aromatic heterocycles. The monoisotopic (exact) mass is 284 g/mol. The summed E-state index contributed by atoms with van der Waals surface area (Å²) in [6, 6.07) is 9.02. The second kappa shape index (κ2) is 5.01. The van der Waals surface area contributed by atoms with Gasteiger partial charge in [-0.2, -0.15) is 0 Å². The van der Waals surface area contributed by atoms with Crippen LogP contribution in [0.25, 0.3) is 0 Å². The van der Waals surface area contributed by atoms with E-state index in [1.807, 2.05) is 32.0 Å². The number of carbonyl (C=O) groups excluding carboxylic acids is 1. The normalized spacial score (nSPS) is 12.3. The molecule has 1 aliphatic rings. The number of fused-ring (bicyclic) bond motifs is 1. The quantitative estimate of drug-likeness (QED) is 0.832. The topological polar surface area (TPSA) is 73.6 Å². The lowest BCUT2D eigenvalue weighted by molar-refractivity contribution is 0.102. The molecule has 2 aromatic rings. The second-order valence-electron chi connectivity index (χ2n) is 5.07. The zero-order chi connectivity index (χ0) is 15.0. The Balaban J connectivity index is 1.88. The van der Waals surface area contributed by atoms with Crippen molar-refractivity contribution in [3.05, 3.63) is 47.0 Å². The van der Waals surface area contributed by atoms with Gasteiger partial charge in [-0.05, 0) is 25.5 Å². The number of hydrogen-bond donors (Lipinski definition) is 2. The Hall–Kier alpha value is -2.69. The zero-order valence-electron chi connectivity index (χ0n) is 11.9. The van der Waals surface area contributed by atoms with E-state index >= 15 is 0 Å². The molecule has 108 valence electrons. The summed E-state index contributed by atoms with van der Waals surface area (Å²) >= 11 is 0. The van der Waals surface area contributed by atoms with Crippen LogP contribution < -0.4 is 20.5 Å². The number of carbonyl (C=O) groups is 1. The molecule has 0 spiro atoms. The van der Waals surface area contributed by atoms with Gasteiger partial charge in [-0.15, -0.1) is 0 Å². The minimum atomic E-state index is -0.196. The Labute approximate surface area is 122 Å². The Kier molecular flexibility index (Phi) is 3.17. The average Bonchev–Trinajstić information content (AvgIpc) is 2.86. The fraction of sp³-hybridized carbons (Fsp3) is 0.188. The van der Waals surface area contributed by atoms with Crippen LogP contribution in [0.4, 0.5) is 11.4 Å². The molecule has 0 saturated heterocycles. The molecule has 0 unspecified atom stereocenters. The van der Waals surface area contributed by atoms with Gasteiger partial charge in [0.2, 0.25) is 6.79 Å². The van der Waals surface area contributed by atoms with Gasteiger partial charge in [0.15, 0.2) is 11.5 Å². The number of hydrogen-bond acceptors (Lipinski definition) is 4. The van der Waals surface area contributed by atoms with Crippen molar-refractivity contribution in [2.75, 3.05) is 17.8 Å². The molecule has 5 nitrogen and oxygen atoms in total.